The first-order chi connectivity index (χ1) is 11.9. The van der Waals surface area contributed by atoms with E-state index in [4.69, 9.17) is 0 Å². The van der Waals surface area contributed by atoms with Gasteiger partial charge in [0, 0.05) is 6.07 Å². The maximum absolute atomic E-state index is 11.1. The Bertz CT molecular complexity index is 1050. The van der Waals surface area contributed by atoms with Crippen LogP contribution in [0, 0.1) is 21.4 Å². The predicted molar refractivity (Wildman–Crippen MR) is 99.7 cm³/mol. The van der Waals surface area contributed by atoms with Crippen LogP contribution in [0.25, 0.3) is 21.4 Å². The molecule has 3 rings (SSSR count). The fourth-order valence-corrected chi connectivity index (χ4v) is 3.65. The Morgan fingerprint density at radius 3 is 2.76 bits per heavy atom. The lowest BCUT2D eigenvalue weighted by molar-refractivity contribution is -0.386. The second kappa shape index (κ2) is 6.55. The maximum Gasteiger partial charge on any atom is 0.312 e. The number of nitriles is 1. The van der Waals surface area contributed by atoms with Crippen LogP contribution in [0.5, 0.6) is 5.75 Å². The summed E-state index contributed by atoms with van der Waals surface area (Å²) >= 11 is 5.46. The number of thiol groups is 1. The van der Waals surface area contributed by atoms with E-state index in [-0.39, 0.29) is 4.90 Å². The second-order valence-electron chi connectivity index (χ2n) is 5.22. The van der Waals surface area contributed by atoms with Gasteiger partial charge in [0.1, 0.15) is 11.1 Å². The summed E-state index contributed by atoms with van der Waals surface area (Å²) < 4.78 is 0.949. The van der Waals surface area contributed by atoms with Crippen molar-refractivity contribution < 1.29 is 10.0 Å². The van der Waals surface area contributed by atoms with E-state index >= 15 is 0 Å². The Kier molecular flexibility index (Phi) is 4.44. The van der Waals surface area contributed by atoms with Gasteiger partial charge in [0.2, 0.25) is 5.75 Å². The van der Waals surface area contributed by atoms with Crippen LogP contribution in [0.2, 0.25) is 0 Å². The molecule has 1 N–H and O–H groups in total. The van der Waals surface area contributed by atoms with Crippen LogP contribution in [-0.4, -0.2) is 15.0 Å². The fraction of sp³-hybridized carbons (Fsp3) is 0.0588. The number of nitro groups is 1. The molecule has 0 fully saturated rings. The number of fused-ring (bicyclic) bond motifs is 1. The third-order valence-electron chi connectivity index (χ3n) is 3.69. The molecule has 0 aliphatic rings. The molecule has 3 aromatic rings. The highest BCUT2D eigenvalue weighted by Crippen LogP contribution is 2.38. The normalized spacial score (nSPS) is 11.9. The van der Waals surface area contributed by atoms with E-state index in [9.17, 15) is 20.5 Å². The molecule has 0 atom stereocenters. The van der Waals surface area contributed by atoms with Gasteiger partial charge in [-0.3, -0.25) is 10.1 Å². The number of rotatable bonds is 3. The first-order valence-corrected chi connectivity index (χ1v) is 8.36. The first-order valence-electron chi connectivity index (χ1n) is 7.10. The molecule has 124 valence electrons. The molecule has 1 heterocycles. The average Bonchev–Trinajstić information content (AvgIpc) is 3.01. The molecule has 0 aliphatic carbocycles. The van der Waals surface area contributed by atoms with Gasteiger partial charge in [-0.1, -0.05) is 12.1 Å². The Morgan fingerprint density at radius 1 is 1.40 bits per heavy atom. The average molecular weight is 369 g/mol. The van der Waals surface area contributed by atoms with E-state index in [0.717, 1.165) is 10.2 Å². The zero-order valence-electron chi connectivity index (χ0n) is 12.9. The summed E-state index contributed by atoms with van der Waals surface area (Å²) in [6.07, 6.45) is 0. The Balaban J connectivity index is 2.20. The second-order valence-corrected chi connectivity index (χ2v) is 6.73. The lowest BCUT2D eigenvalue weighted by Gasteiger charge is -2.07. The van der Waals surface area contributed by atoms with Gasteiger partial charge in [0.15, 0.2) is 0 Å². The number of nitro benzene ring substituents is 1. The lowest BCUT2D eigenvalue weighted by atomic mass is 10.0. The minimum Gasteiger partial charge on any atom is -0.501 e. The minimum absolute atomic E-state index is 0.0742. The molecule has 25 heavy (non-hydrogen) atoms. The Morgan fingerprint density at radius 2 is 2.12 bits per heavy atom. The molecule has 0 amide bonds. The molecule has 0 saturated carbocycles. The van der Waals surface area contributed by atoms with Crippen LogP contribution in [0.4, 0.5) is 5.69 Å². The quantitative estimate of drug-likeness (QED) is 0.303. The van der Waals surface area contributed by atoms with Gasteiger partial charge in [-0.2, -0.15) is 5.26 Å². The van der Waals surface area contributed by atoms with Crippen molar-refractivity contribution in [3.8, 4) is 11.8 Å². The molecule has 0 saturated heterocycles. The van der Waals surface area contributed by atoms with Gasteiger partial charge >= 0.3 is 5.69 Å². The number of thiazole rings is 1. The summed E-state index contributed by atoms with van der Waals surface area (Å²) in [4.78, 5) is 14.9. The molecule has 0 spiro atoms. The van der Waals surface area contributed by atoms with Crippen molar-refractivity contribution in [2.24, 2.45) is 0 Å². The van der Waals surface area contributed by atoms with Gasteiger partial charge in [-0.25, -0.2) is 4.98 Å². The summed E-state index contributed by atoms with van der Waals surface area (Å²) in [6, 6.07) is 12.4. The number of phenols is 1. The fourth-order valence-electron chi connectivity index (χ4n) is 2.38. The summed E-state index contributed by atoms with van der Waals surface area (Å²) in [5.41, 5.74) is 1.62. The third-order valence-corrected chi connectivity index (χ3v) is 5.09. The zero-order chi connectivity index (χ0) is 18.1. The molecule has 0 aliphatic heterocycles. The van der Waals surface area contributed by atoms with Crippen LogP contribution >= 0.6 is 24.0 Å². The molecule has 0 radical (unpaired) electrons. The van der Waals surface area contributed by atoms with E-state index in [2.05, 4.69) is 23.7 Å². The number of para-hydroxylation sites is 1. The highest BCUT2D eigenvalue weighted by molar-refractivity contribution is 7.80. The van der Waals surface area contributed by atoms with E-state index in [0.29, 0.717) is 21.7 Å². The number of hydrogen-bond acceptors (Lipinski definition) is 7. The number of nitrogens with zero attached hydrogens (tertiary/aromatic N) is 3. The van der Waals surface area contributed by atoms with Crippen LogP contribution < -0.4 is 0 Å². The SMILES string of the molecule is C/C(=C(/C#N)c1nc2ccccc2s1)c1cc(S)c(O)c([N+](=O)[O-])c1. The topological polar surface area (TPSA) is 100 Å². The van der Waals surface area contributed by atoms with Crippen molar-refractivity contribution in [3.05, 3.63) is 57.1 Å². The summed E-state index contributed by atoms with van der Waals surface area (Å²) in [5, 5.41) is 31.0. The number of aromatic hydroxyl groups is 1. The van der Waals surface area contributed by atoms with Gasteiger partial charge in [-0.05, 0) is 36.3 Å². The van der Waals surface area contributed by atoms with Crippen LogP contribution in [0.15, 0.2) is 41.3 Å². The maximum atomic E-state index is 11.1. The summed E-state index contributed by atoms with van der Waals surface area (Å²) in [5.74, 6) is -0.497. The lowest BCUT2D eigenvalue weighted by Crippen LogP contribution is -1.93. The van der Waals surface area contributed by atoms with Crippen molar-refractivity contribution in [3.63, 3.8) is 0 Å². The monoisotopic (exact) mass is 369 g/mol. The summed E-state index contributed by atoms with van der Waals surface area (Å²) in [6.45, 7) is 1.69. The third kappa shape index (κ3) is 3.07. The number of aromatic nitrogens is 1. The predicted octanol–water partition coefficient (Wildman–Crippen LogP) is 4.65. The number of hydrogen-bond donors (Lipinski definition) is 2. The molecule has 2 aromatic carbocycles. The van der Waals surface area contributed by atoms with Gasteiger partial charge in [0.25, 0.3) is 0 Å². The van der Waals surface area contributed by atoms with Crippen molar-refractivity contribution in [2.75, 3.05) is 0 Å². The minimum atomic E-state index is -0.685. The Labute approximate surface area is 152 Å². The van der Waals surface area contributed by atoms with E-state index in [1.165, 1.54) is 23.5 Å². The highest BCUT2D eigenvalue weighted by Gasteiger charge is 2.20. The van der Waals surface area contributed by atoms with Gasteiger partial charge in [-0.15, -0.1) is 24.0 Å². The van der Waals surface area contributed by atoms with Gasteiger partial charge < -0.3 is 5.11 Å². The molecule has 0 unspecified atom stereocenters. The summed E-state index contributed by atoms with van der Waals surface area (Å²) in [7, 11) is 0. The molecule has 8 heteroatoms. The Hall–Kier alpha value is -2.89. The van der Waals surface area contributed by atoms with Crippen molar-refractivity contribution in [2.45, 2.75) is 11.8 Å². The van der Waals surface area contributed by atoms with Gasteiger partial charge in [0.05, 0.1) is 25.6 Å². The number of benzene rings is 2. The smallest absolute Gasteiger partial charge is 0.312 e. The highest BCUT2D eigenvalue weighted by atomic mass is 32.1. The molecule has 6 nitrogen and oxygen atoms in total. The van der Waals surface area contributed by atoms with Crippen LogP contribution in [0.3, 0.4) is 0 Å². The zero-order valence-corrected chi connectivity index (χ0v) is 14.6. The van der Waals surface area contributed by atoms with Crippen LogP contribution in [-0.2, 0) is 0 Å². The number of phenolic OH excluding ortho intramolecular Hbond substituents is 1. The van der Waals surface area contributed by atoms with Crippen molar-refractivity contribution in [1.29, 1.82) is 5.26 Å². The van der Waals surface area contributed by atoms with E-state index in [1.807, 2.05) is 24.3 Å². The number of allylic oxidation sites excluding steroid dienone is 2. The van der Waals surface area contributed by atoms with Crippen molar-refractivity contribution in [1.82, 2.24) is 4.98 Å². The first kappa shape index (κ1) is 17.0. The molecule has 0 bridgehead atoms. The molecular formula is C17H11N3O3S2. The van der Waals surface area contributed by atoms with E-state index in [1.54, 1.807) is 6.92 Å². The molecule has 1 aromatic heterocycles. The standard InChI is InChI=1S/C17H11N3O3S2/c1-9(10-6-13(20(22)23)16(21)14(24)7-10)11(8-18)17-19-12-4-2-3-5-15(12)25-17/h2-7,21,24H,1H3/b11-9+. The van der Waals surface area contributed by atoms with Crippen molar-refractivity contribution >= 4 is 51.0 Å². The largest absolute Gasteiger partial charge is 0.501 e. The van der Waals surface area contributed by atoms with E-state index < -0.39 is 16.4 Å². The van der Waals surface area contributed by atoms with Crippen LogP contribution in [0.1, 0.15) is 17.5 Å². The molecular weight excluding hydrogens is 358 g/mol.